The molecule has 1 fully saturated rings. The van der Waals surface area contributed by atoms with Crippen molar-refractivity contribution in [2.45, 2.75) is 25.7 Å². The quantitative estimate of drug-likeness (QED) is 0.575. The van der Waals surface area contributed by atoms with Gasteiger partial charge in [-0.25, -0.2) is 8.42 Å². The fourth-order valence-corrected chi connectivity index (χ4v) is 4.29. The summed E-state index contributed by atoms with van der Waals surface area (Å²) in [6, 6.07) is 7.21. The highest BCUT2D eigenvalue weighted by Gasteiger charge is 2.20. The van der Waals surface area contributed by atoms with Crippen LogP contribution < -0.4 is 4.31 Å². The Morgan fingerprint density at radius 1 is 1.34 bits per heavy atom. The van der Waals surface area contributed by atoms with E-state index < -0.39 is 10.0 Å². The van der Waals surface area contributed by atoms with E-state index in [1.54, 1.807) is 29.5 Å². The molecule has 1 aromatic heterocycles. The van der Waals surface area contributed by atoms with Gasteiger partial charge in [0.2, 0.25) is 10.0 Å². The fourth-order valence-electron chi connectivity index (χ4n) is 3.12. The van der Waals surface area contributed by atoms with Gasteiger partial charge in [0, 0.05) is 25.6 Å². The van der Waals surface area contributed by atoms with Gasteiger partial charge in [-0.3, -0.25) is 9.10 Å². The van der Waals surface area contributed by atoms with Gasteiger partial charge in [-0.2, -0.15) is 11.3 Å². The summed E-state index contributed by atoms with van der Waals surface area (Å²) in [6.07, 6.45) is 8.42. The van der Waals surface area contributed by atoms with Crippen LogP contribution in [0.4, 0.5) is 5.69 Å². The third-order valence-corrected chi connectivity index (χ3v) is 7.08. The van der Waals surface area contributed by atoms with Gasteiger partial charge in [-0.15, -0.1) is 0 Å². The van der Waals surface area contributed by atoms with Crippen LogP contribution in [0.25, 0.3) is 6.08 Å². The van der Waals surface area contributed by atoms with Crippen LogP contribution in [0.1, 0.15) is 40.7 Å². The Hall–Kier alpha value is -1.96. The van der Waals surface area contributed by atoms with Crippen LogP contribution in [0, 0.1) is 11.8 Å². The summed E-state index contributed by atoms with van der Waals surface area (Å²) in [7, 11) is -1.95. The maximum atomic E-state index is 13.0. The zero-order chi connectivity index (χ0) is 21.0. The number of aliphatic hydroxyl groups excluding tert-OH is 1. The number of hydrogen-bond acceptors (Lipinski definition) is 5. The van der Waals surface area contributed by atoms with Crippen molar-refractivity contribution in [3.05, 3.63) is 57.8 Å². The SMILES string of the molecule is CN(c1cc(/C=C\C2CC2)cc(C(=O)C[C@H](CO)Cc2ccsc2)c1)S(C)(=O)=O. The number of hydrogen-bond donors (Lipinski definition) is 1. The van der Waals surface area contributed by atoms with E-state index in [9.17, 15) is 18.3 Å². The maximum Gasteiger partial charge on any atom is 0.231 e. The van der Waals surface area contributed by atoms with Crippen molar-refractivity contribution in [1.82, 2.24) is 0 Å². The van der Waals surface area contributed by atoms with Gasteiger partial charge in [-0.1, -0.05) is 12.2 Å². The van der Waals surface area contributed by atoms with Crippen molar-refractivity contribution in [3.8, 4) is 0 Å². The zero-order valence-electron chi connectivity index (χ0n) is 16.7. The first-order valence-electron chi connectivity index (χ1n) is 9.68. The molecule has 1 heterocycles. The van der Waals surface area contributed by atoms with Crippen LogP contribution >= 0.6 is 11.3 Å². The Labute approximate surface area is 176 Å². The molecule has 5 nitrogen and oxygen atoms in total. The number of ketones is 1. The summed E-state index contributed by atoms with van der Waals surface area (Å²) in [4.78, 5) is 13.0. The standard InChI is InChI=1S/C22H27NO4S2/c1-23(29(2,26)27)21-11-17(6-5-16-3-4-16)10-20(13-21)22(25)12-19(14-24)9-18-7-8-28-15-18/h5-8,10-11,13,15-16,19,24H,3-4,9,12,14H2,1-2H3/b6-5-/t19-/m1/s1. The molecule has 0 radical (unpaired) electrons. The van der Waals surface area contributed by atoms with Crippen molar-refractivity contribution in [3.63, 3.8) is 0 Å². The molecule has 1 atom stereocenters. The van der Waals surface area contributed by atoms with Crippen LogP contribution in [0.2, 0.25) is 0 Å². The van der Waals surface area contributed by atoms with Crippen molar-refractivity contribution in [1.29, 1.82) is 0 Å². The summed E-state index contributed by atoms with van der Waals surface area (Å²) in [5, 5.41) is 13.7. The number of thiophene rings is 1. The molecule has 0 unspecified atom stereocenters. The lowest BCUT2D eigenvalue weighted by Gasteiger charge is -2.19. The minimum Gasteiger partial charge on any atom is -0.396 e. The number of rotatable bonds is 10. The summed E-state index contributed by atoms with van der Waals surface area (Å²) in [6.45, 7) is -0.0705. The van der Waals surface area contributed by atoms with Crippen LogP contribution in [0.5, 0.6) is 0 Å². The van der Waals surface area contributed by atoms with Crippen molar-refractivity contribution in [2.24, 2.45) is 11.8 Å². The molecule has 0 aliphatic heterocycles. The molecule has 156 valence electrons. The number of allylic oxidation sites excluding steroid dienone is 1. The van der Waals surface area contributed by atoms with Crippen molar-refractivity contribution < 1.29 is 18.3 Å². The first-order chi connectivity index (χ1) is 13.8. The predicted octanol–water partition coefficient (Wildman–Crippen LogP) is 3.99. The lowest BCUT2D eigenvalue weighted by atomic mass is 9.93. The van der Waals surface area contributed by atoms with Gasteiger partial charge in [-0.05, 0) is 77.3 Å². The van der Waals surface area contributed by atoms with E-state index in [-0.39, 0.29) is 24.7 Å². The summed E-state index contributed by atoms with van der Waals surface area (Å²) >= 11 is 1.59. The van der Waals surface area contributed by atoms with E-state index in [0.29, 0.717) is 23.6 Å². The van der Waals surface area contributed by atoms with Gasteiger partial charge in [0.15, 0.2) is 5.78 Å². The summed E-state index contributed by atoms with van der Waals surface area (Å²) < 4.78 is 25.2. The Morgan fingerprint density at radius 2 is 2.10 bits per heavy atom. The van der Waals surface area contributed by atoms with Gasteiger partial charge in [0.05, 0.1) is 11.9 Å². The molecule has 0 amide bonds. The highest BCUT2D eigenvalue weighted by molar-refractivity contribution is 7.92. The highest BCUT2D eigenvalue weighted by Crippen LogP contribution is 2.31. The molecule has 1 aliphatic rings. The average Bonchev–Trinajstić information content (AvgIpc) is 3.38. The number of nitrogens with zero attached hydrogens (tertiary/aromatic N) is 1. The Bertz CT molecular complexity index is 976. The molecule has 1 saturated carbocycles. The summed E-state index contributed by atoms with van der Waals surface area (Å²) in [5.41, 5.74) is 2.86. The molecule has 0 bridgehead atoms. The molecule has 0 saturated heterocycles. The lowest BCUT2D eigenvalue weighted by molar-refractivity contribution is 0.0936. The number of anilines is 1. The van der Waals surface area contributed by atoms with Crippen LogP contribution in [0.15, 0.2) is 41.1 Å². The van der Waals surface area contributed by atoms with E-state index in [0.717, 1.165) is 17.4 Å². The molecule has 1 aromatic carbocycles. The first kappa shape index (κ1) is 21.7. The van der Waals surface area contributed by atoms with Gasteiger partial charge >= 0.3 is 0 Å². The van der Waals surface area contributed by atoms with Crippen molar-refractivity contribution >= 4 is 38.9 Å². The Morgan fingerprint density at radius 3 is 2.69 bits per heavy atom. The highest BCUT2D eigenvalue weighted by atomic mass is 32.2. The molecule has 3 rings (SSSR count). The fraction of sp³-hybridized carbons (Fsp3) is 0.409. The third kappa shape index (κ3) is 6.26. The molecule has 7 heteroatoms. The molecular formula is C22H27NO4S2. The monoisotopic (exact) mass is 433 g/mol. The van der Waals surface area contributed by atoms with E-state index >= 15 is 0 Å². The maximum absolute atomic E-state index is 13.0. The second-order valence-electron chi connectivity index (χ2n) is 7.75. The van der Waals surface area contributed by atoms with E-state index in [1.165, 1.54) is 24.2 Å². The van der Waals surface area contributed by atoms with Crippen LogP contribution in [0.3, 0.4) is 0 Å². The van der Waals surface area contributed by atoms with E-state index in [1.807, 2.05) is 22.9 Å². The zero-order valence-corrected chi connectivity index (χ0v) is 18.4. The average molecular weight is 434 g/mol. The van der Waals surface area contributed by atoms with Crippen LogP contribution in [-0.2, 0) is 16.4 Å². The third-order valence-electron chi connectivity index (χ3n) is 5.14. The largest absolute Gasteiger partial charge is 0.396 e. The first-order valence-corrected chi connectivity index (χ1v) is 12.5. The van der Waals surface area contributed by atoms with Gasteiger partial charge in [0.1, 0.15) is 0 Å². The van der Waals surface area contributed by atoms with Crippen LogP contribution in [-0.4, -0.2) is 39.2 Å². The van der Waals surface area contributed by atoms with Gasteiger partial charge < -0.3 is 5.11 Å². The number of aliphatic hydroxyl groups is 1. The lowest BCUT2D eigenvalue weighted by Crippen LogP contribution is -2.25. The van der Waals surface area contributed by atoms with Gasteiger partial charge in [0.25, 0.3) is 0 Å². The molecule has 2 aromatic rings. The van der Waals surface area contributed by atoms with E-state index in [2.05, 4.69) is 6.08 Å². The number of carbonyl (C=O) groups excluding carboxylic acids is 1. The predicted molar refractivity (Wildman–Crippen MR) is 119 cm³/mol. The minimum atomic E-state index is -3.44. The smallest absolute Gasteiger partial charge is 0.231 e. The molecule has 29 heavy (non-hydrogen) atoms. The Balaban J connectivity index is 1.84. The second kappa shape index (κ2) is 9.24. The number of carbonyl (C=O) groups is 1. The normalized spacial score (nSPS) is 15.6. The minimum absolute atomic E-state index is 0.0705. The Kier molecular flexibility index (Phi) is 6.93. The summed E-state index contributed by atoms with van der Waals surface area (Å²) in [5.74, 6) is 0.317. The van der Waals surface area contributed by atoms with Crippen molar-refractivity contribution in [2.75, 3.05) is 24.2 Å². The molecular weight excluding hydrogens is 406 g/mol. The molecule has 0 spiro atoms. The molecule has 1 N–H and O–H groups in total. The number of benzene rings is 1. The second-order valence-corrected chi connectivity index (χ2v) is 10.5. The number of sulfonamides is 1. The topological polar surface area (TPSA) is 74.7 Å². The van der Waals surface area contributed by atoms with E-state index in [4.69, 9.17) is 0 Å². The molecule has 1 aliphatic carbocycles. The number of Topliss-reactive ketones (excluding diaryl/α,β-unsaturated/α-hetero) is 1.